The summed E-state index contributed by atoms with van der Waals surface area (Å²) in [5, 5.41) is 29.1. The molecule has 1 aliphatic heterocycles. The minimum Gasteiger partial charge on any atom is -0.394 e. The van der Waals surface area contributed by atoms with Gasteiger partial charge in [0.2, 0.25) is 5.91 Å². The Morgan fingerprint density at radius 3 is 2.71 bits per heavy atom. The van der Waals surface area contributed by atoms with Crippen molar-refractivity contribution < 1.29 is 15.0 Å². The second-order valence-corrected chi connectivity index (χ2v) is 6.06. The highest BCUT2D eigenvalue weighted by Gasteiger charge is 2.29. The first kappa shape index (κ1) is 16.6. The minimum atomic E-state index is -0.494. The number of carbonyl (C=O) groups is 1. The van der Waals surface area contributed by atoms with Gasteiger partial charge in [0.15, 0.2) is 0 Å². The molecular weight excluding hydrogens is 308 g/mol. The van der Waals surface area contributed by atoms with E-state index in [4.69, 9.17) is 0 Å². The van der Waals surface area contributed by atoms with Crippen LogP contribution in [0, 0.1) is 0 Å². The van der Waals surface area contributed by atoms with Gasteiger partial charge in [0, 0.05) is 19.8 Å². The molecule has 4 N–H and O–H groups in total. The van der Waals surface area contributed by atoms with E-state index >= 15 is 0 Å². The Bertz CT molecular complexity index is 698. The fourth-order valence-electron chi connectivity index (χ4n) is 2.97. The monoisotopic (exact) mass is 330 g/mol. The number of nitrogens with zero attached hydrogens (tertiary/aromatic N) is 2. The van der Waals surface area contributed by atoms with Crippen molar-refractivity contribution >= 4 is 5.91 Å². The van der Waals surface area contributed by atoms with Crippen LogP contribution in [0.3, 0.4) is 0 Å². The van der Waals surface area contributed by atoms with E-state index in [1.54, 1.807) is 10.9 Å². The van der Waals surface area contributed by atoms with Gasteiger partial charge in [0.05, 0.1) is 30.5 Å². The first-order chi connectivity index (χ1) is 11.6. The third kappa shape index (κ3) is 3.48. The van der Waals surface area contributed by atoms with Crippen LogP contribution in [0.25, 0.3) is 11.3 Å². The van der Waals surface area contributed by atoms with Crippen LogP contribution in [0.15, 0.2) is 36.5 Å². The molecule has 0 bridgehead atoms. The highest BCUT2D eigenvalue weighted by molar-refractivity contribution is 5.82. The Morgan fingerprint density at radius 1 is 1.42 bits per heavy atom. The summed E-state index contributed by atoms with van der Waals surface area (Å²) >= 11 is 0. The predicted octanol–water partition coefficient (Wildman–Crippen LogP) is -0.0405. The zero-order valence-corrected chi connectivity index (χ0v) is 13.5. The summed E-state index contributed by atoms with van der Waals surface area (Å²) in [5.74, 6) is -0.207. The number of aliphatic hydroxyl groups is 2. The van der Waals surface area contributed by atoms with Crippen molar-refractivity contribution in [2.75, 3.05) is 13.2 Å². The Balaban J connectivity index is 1.69. The molecule has 1 aromatic carbocycles. The van der Waals surface area contributed by atoms with Crippen molar-refractivity contribution in [1.29, 1.82) is 0 Å². The Labute approximate surface area is 140 Å². The molecule has 0 radical (unpaired) electrons. The zero-order valence-electron chi connectivity index (χ0n) is 13.5. The summed E-state index contributed by atoms with van der Waals surface area (Å²) in [6, 6.07) is 8.70. The van der Waals surface area contributed by atoms with Gasteiger partial charge in [-0.15, -0.1) is 0 Å². The number of hydrogen-bond donors (Lipinski definition) is 4. The normalized spacial score (nSPS) is 21.6. The van der Waals surface area contributed by atoms with Crippen molar-refractivity contribution in [2.24, 2.45) is 7.05 Å². The molecule has 2 aromatic rings. The molecule has 0 saturated carbocycles. The molecule has 2 heterocycles. The molecule has 1 aliphatic rings. The summed E-state index contributed by atoms with van der Waals surface area (Å²) in [6.45, 7) is 0.230. The Morgan fingerprint density at radius 2 is 2.17 bits per heavy atom. The molecule has 0 spiro atoms. The minimum absolute atomic E-state index is 0.188. The number of β-amino-alcohol motifs (C(OH)–C–C–N with tert-alkyl or cyclic N) is 1. The second kappa shape index (κ2) is 7.12. The fraction of sp³-hybridized carbons (Fsp3) is 0.412. The SMILES string of the molecule is Cn1nccc1-c1ccc([C@H](CO)NC(=O)[C@@H]2CC(O)CN2)cc1. The van der Waals surface area contributed by atoms with Crippen LogP contribution >= 0.6 is 0 Å². The largest absolute Gasteiger partial charge is 0.394 e. The van der Waals surface area contributed by atoms with Gasteiger partial charge in [-0.05, 0) is 23.6 Å². The average Bonchev–Trinajstić information content (AvgIpc) is 3.21. The number of aromatic nitrogens is 2. The molecule has 1 amide bonds. The molecule has 7 heteroatoms. The maximum atomic E-state index is 12.2. The van der Waals surface area contributed by atoms with Crippen molar-refractivity contribution in [1.82, 2.24) is 20.4 Å². The lowest BCUT2D eigenvalue weighted by Crippen LogP contribution is -2.42. The number of amides is 1. The van der Waals surface area contributed by atoms with Gasteiger partial charge < -0.3 is 20.8 Å². The summed E-state index contributed by atoms with van der Waals surface area (Å²) in [5.41, 5.74) is 2.84. The Kier molecular flexibility index (Phi) is 4.94. The van der Waals surface area contributed by atoms with Gasteiger partial charge in [-0.3, -0.25) is 9.48 Å². The molecule has 1 unspecified atom stereocenters. The smallest absolute Gasteiger partial charge is 0.237 e. The van der Waals surface area contributed by atoms with Crippen LogP contribution in [0.5, 0.6) is 0 Å². The van der Waals surface area contributed by atoms with Crippen LogP contribution in [0.2, 0.25) is 0 Å². The molecule has 3 atom stereocenters. The summed E-state index contributed by atoms with van der Waals surface area (Å²) < 4.78 is 1.79. The number of benzene rings is 1. The average molecular weight is 330 g/mol. The predicted molar refractivity (Wildman–Crippen MR) is 89.0 cm³/mol. The number of hydrogen-bond acceptors (Lipinski definition) is 5. The standard InChI is InChI=1S/C17H22N4O3/c1-21-16(6-7-19-21)12-4-2-11(3-5-12)15(10-22)20-17(24)14-8-13(23)9-18-14/h2-7,13-15,18,22-23H,8-10H2,1H3,(H,20,24)/t13?,14-,15-/m0/s1. The van der Waals surface area contributed by atoms with E-state index in [-0.39, 0.29) is 12.5 Å². The van der Waals surface area contributed by atoms with E-state index < -0.39 is 18.2 Å². The lowest BCUT2D eigenvalue weighted by molar-refractivity contribution is -0.124. The number of carbonyl (C=O) groups excluding carboxylic acids is 1. The molecule has 1 aromatic heterocycles. The maximum Gasteiger partial charge on any atom is 0.237 e. The third-order valence-corrected chi connectivity index (χ3v) is 4.35. The molecule has 7 nitrogen and oxygen atoms in total. The van der Waals surface area contributed by atoms with Gasteiger partial charge in [0.25, 0.3) is 0 Å². The van der Waals surface area contributed by atoms with E-state index in [9.17, 15) is 15.0 Å². The quantitative estimate of drug-likeness (QED) is 0.616. The lowest BCUT2D eigenvalue weighted by atomic mass is 10.0. The Hall–Kier alpha value is -2.22. The van der Waals surface area contributed by atoms with Crippen LogP contribution < -0.4 is 10.6 Å². The topological polar surface area (TPSA) is 99.4 Å². The molecule has 128 valence electrons. The van der Waals surface area contributed by atoms with Crippen molar-refractivity contribution in [3.05, 3.63) is 42.1 Å². The van der Waals surface area contributed by atoms with Crippen molar-refractivity contribution in [2.45, 2.75) is 24.6 Å². The number of aliphatic hydroxyl groups excluding tert-OH is 2. The van der Waals surface area contributed by atoms with E-state index in [1.807, 2.05) is 37.4 Å². The van der Waals surface area contributed by atoms with Gasteiger partial charge in [-0.2, -0.15) is 5.10 Å². The van der Waals surface area contributed by atoms with E-state index in [1.165, 1.54) is 0 Å². The van der Waals surface area contributed by atoms with Crippen LogP contribution in [-0.4, -0.2) is 51.2 Å². The number of aryl methyl sites for hydroxylation is 1. The second-order valence-electron chi connectivity index (χ2n) is 6.06. The summed E-state index contributed by atoms with van der Waals surface area (Å²) in [4.78, 5) is 12.2. The van der Waals surface area contributed by atoms with Gasteiger partial charge in [-0.25, -0.2) is 0 Å². The number of rotatable bonds is 5. The van der Waals surface area contributed by atoms with Gasteiger partial charge in [0.1, 0.15) is 0 Å². The summed E-state index contributed by atoms with van der Waals surface area (Å²) in [6.07, 6.45) is 1.64. The van der Waals surface area contributed by atoms with Crippen LogP contribution in [0.4, 0.5) is 0 Å². The van der Waals surface area contributed by atoms with E-state index in [2.05, 4.69) is 15.7 Å². The summed E-state index contributed by atoms with van der Waals surface area (Å²) in [7, 11) is 1.88. The first-order valence-electron chi connectivity index (χ1n) is 7.99. The molecule has 1 fully saturated rings. The lowest BCUT2D eigenvalue weighted by Gasteiger charge is -2.19. The zero-order chi connectivity index (χ0) is 17.1. The highest BCUT2D eigenvalue weighted by Crippen LogP contribution is 2.21. The molecule has 1 saturated heterocycles. The van der Waals surface area contributed by atoms with Gasteiger partial charge in [-0.1, -0.05) is 24.3 Å². The van der Waals surface area contributed by atoms with Gasteiger partial charge >= 0.3 is 0 Å². The highest BCUT2D eigenvalue weighted by atomic mass is 16.3. The van der Waals surface area contributed by atoms with Crippen LogP contribution in [-0.2, 0) is 11.8 Å². The maximum absolute atomic E-state index is 12.2. The molecule has 0 aliphatic carbocycles. The molecule has 3 rings (SSSR count). The molecular formula is C17H22N4O3. The van der Waals surface area contributed by atoms with E-state index in [0.29, 0.717) is 13.0 Å². The molecule has 24 heavy (non-hydrogen) atoms. The fourth-order valence-corrected chi connectivity index (χ4v) is 2.97. The third-order valence-electron chi connectivity index (χ3n) is 4.35. The number of nitrogens with one attached hydrogen (secondary N) is 2. The van der Waals surface area contributed by atoms with Crippen molar-refractivity contribution in [3.63, 3.8) is 0 Å². The first-order valence-corrected chi connectivity index (χ1v) is 7.99. The van der Waals surface area contributed by atoms with E-state index in [0.717, 1.165) is 16.8 Å². The van der Waals surface area contributed by atoms with Crippen LogP contribution in [0.1, 0.15) is 18.0 Å². The van der Waals surface area contributed by atoms with Crippen molar-refractivity contribution in [3.8, 4) is 11.3 Å².